The number of sulfonamides is 1. The van der Waals surface area contributed by atoms with Gasteiger partial charge in [0.25, 0.3) is 0 Å². The van der Waals surface area contributed by atoms with Crippen molar-refractivity contribution in [2.24, 2.45) is 0 Å². The van der Waals surface area contributed by atoms with Gasteiger partial charge in [0.1, 0.15) is 5.54 Å². The normalized spacial score (nSPS) is 30.6. The molecule has 0 saturated carbocycles. The topological polar surface area (TPSA) is 83.9 Å². The van der Waals surface area contributed by atoms with Crippen molar-refractivity contribution in [1.29, 1.82) is 0 Å². The van der Waals surface area contributed by atoms with Crippen molar-refractivity contribution in [3.8, 4) is 0 Å². The molecular weight excluding hydrogens is 270 g/mol. The average Bonchev–Trinajstić information content (AvgIpc) is 2.85. The van der Waals surface area contributed by atoms with Gasteiger partial charge < -0.3 is 9.84 Å². The van der Waals surface area contributed by atoms with Crippen LogP contribution in [0.4, 0.5) is 0 Å². The molecule has 19 heavy (non-hydrogen) atoms. The Morgan fingerprint density at radius 1 is 1.42 bits per heavy atom. The monoisotopic (exact) mass is 291 g/mol. The van der Waals surface area contributed by atoms with E-state index in [4.69, 9.17) is 4.74 Å². The minimum absolute atomic E-state index is 0.310. The molecule has 0 radical (unpaired) electrons. The Morgan fingerprint density at radius 3 is 2.58 bits per heavy atom. The highest BCUT2D eigenvalue weighted by atomic mass is 32.2. The molecule has 7 heteroatoms. The van der Waals surface area contributed by atoms with Crippen LogP contribution in [0.1, 0.15) is 39.0 Å². The minimum Gasteiger partial charge on any atom is -0.480 e. The van der Waals surface area contributed by atoms with Crippen molar-refractivity contribution < 1.29 is 23.1 Å². The third-order valence-electron chi connectivity index (χ3n) is 4.31. The van der Waals surface area contributed by atoms with E-state index < -0.39 is 26.8 Å². The summed E-state index contributed by atoms with van der Waals surface area (Å²) in [6.45, 7) is 2.93. The lowest BCUT2D eigenvalue weighted by atomic mass is 9.95. The van der Waals surface area contributed by atoms with E-state index in [1.165, 1.54) is 4.31 Å². The summed E-state index contributed by atoms with van der Waals surface area (Å²) in [7, 11) is -3.55. The van der Waals surface area contributed by atoms with Crippen LogP contribution in [0.3, 0.4) is 0 Å². The summed E-state index contributed by atoms with van der Waals surface area (Å²) < 4.78 is 31.8. The van der Waals surface area contributed by atoms with E-state index in [2.05, 4.69) is 0 Å². The first-order chi connectivity index (χ1) is 8.95. The van der Waals surface area contributed by atoms with Crippen LogP contribution in [-0.2, 0) is 19.6 Å². The predicted molar refractivity (Wildman–Crippen MR) is 69.4 cm³/mol. The first-order valence-electron chi connectivity index (χ1n) is 6.78. The maximum Gasteiger partial charge on any atom is 0.325 e. The molecule has 0 aliphatic carbocycles. The van der Waals surface area contributed by atoms with E-state index in [-0.39, 0.29) is 0 Å². The molecule has 0 aromatic rings. The van der Waals surface area contributed by atoms with Gasteiger partial charge in [0.2, 0.25) is 10.0 Å². The van der Waals surface area contributed by atoms with Gasteiger partial charge in [0.15, 0.2) is 0 Å². The van der Waals surface area contributed by atoms with E-state index >= 15 is 0 Å². The number of carboxylic acids is 1. The molecule has 1 unspecified atom stereocenters. The number of hydrogen-bond acceptors (Lipinski definition) is 4. The van der Waals surface area contributed by atoms with Crippen LogP contribution in [0.25, 0.3) is 0 Å². The summed E-state index contributed by atoms with van der Waals surface area (Å²) in [5, 5.41) is 8.97. The van der Waals surface area contributed by atoms with Crippen molar-refractivity contribution in [2.45, 2.75) is 49.8 Å². The zero-order chi connectivity index (χ0) is 14.1. The van der Waals surface area contributed by atoms with Crippen LogP contribution >= 0.6 is 0 Å². The fourth-order valence-electron chi connectivity index (χ4n) is 3.10. The van der Waals surface area contributed by atoms with Gasteiger partial charge in [-0.3, -0.25) is 4.79 Å². The molecule has 0 amide bonds. The van der Waals surface area contributed by atoms with Gasteiger partial charge in [0.05, 0.1) is 5.25 Å². The molecule has 0 aromatic heterocycles. The Bertz CT molecular complexity index is 443. The highest BCUT2D eigenvalue weighted by molar-refractivity contribution is 7.89. The predicted octanol–water partition coefficient (Wildman–Crippen LogP) is 0.824. The lowest BCUT2D eigenvalue weighted by Crippen LogP contribution is -2.55. The van der Waals surface area contributed by atoms with E-state index in [0.717, 1.165) is 0 Å². The van der Waals surface area contributed by atoms with Crippen molar-refractivity contribution in [2.75, 3.05) is 19.8 Å². The fourth-order valence-corrected chi connectivity index (χ4v) is 5.41. The van der Waals surface area contributed by atoms with Gasteiger partial charge >= 0.3 is 5.97 Å². The van der Waals surface area contributed by atoms with Gasteiger partial charge in [-0.15, -0.1) is 0 Å². The smallest absolute Gasteiger partial charge is 0.325 e. The Labute approximate surface area is 113 Å². The molecule has 0 spiro atoms. The van der Waals surface area contributed by atoms with E-state index in [1.807, 2.05) is 0 Å². The number of rotatable bonds is 4. The van der Waals surface area contributed by atoms with Crippen LogP contribution in [0.5, 0.6) is 0 Å². The molecule has 2 heterocycles. The van der Waals surface area contributed by atoms with Crippen molar-refractivity contribution >= 4 is 16.0 Å². The number of hydrogen-bond donors (Lipinski definition) is 1. The first-order valence-corrected chi connectivity index (χ1v) is 8.28. The molecule has 1 N–H and O–H groups in total. The van der Waals surface area contributed by atoms with Gasteiger partial charge in [-0.25, -0.2) is 8.42 Å². The molecule has 2 saturated heterocycles. The highest BCUT2D eigenvalue weighted by Gasteiger charge is 2.53. The standard InChI is InChI=1S/C12H21NO5S/c1-2-12(11(14)15)6-3-7-13(12)19(16,17)10-4-8-18-9-5-10/h10H,2-9H2,1H3,(H,14,15). The summed E-state index contributed by atoms with van der Waals surface area (Å²) in [5.74, 6) is -1.02. The Balaban J connectivity index is 2.30. The van der Waals surface area contributed by atoms with Gasteiger partial charge in [-0.1, -0.05) is 6.92 Å². The second kappa shape index (κ2) is 5.38. The summed E-state index contributed by atoms with van der Waals surface area (Å²) in [4.78, 5) is 11.6. The highest BCUT2D eigenvalue weighted by Crippen LogP contribution is 2.37. The van der Waals surface area contributed by atoms with Crippen LogP contribution in [0, 0.1) is 0 Å². The SMILES string of the molecule is CCC1(C(=O)O)CCCN1S(=O)(=O)C1CCOCC1. The zero-order valence-corrected chi connectivity index (χ0v) is 12.0. The maximum absolute atomic E-state index is 12.7. The molecule has 0 bridgehead atoms. The third kappa shape index (κ3) is 2.39. The molecule has 2 aliphatic heterocycles. The van der Waals surface area contributed by atoms with Crippen LogP contribution in [0.2, 0.25) is 0 Å². The molecule has 2 fully saturated rings. The number of carboxylic acid groups (broad SMARTS) is 1. The van der Waals surface area contributed by atoms with E-state index in [0.29, 0.717) is 51.9 Å². The molecule has 6 nitrogen and oxygen atoms in total. The Morgan fingerprint density at radius 2 is 2.05 bits per heavy atom. The average molecular weight is 291 g/mol. The maximum atomic E-state index is 12.7. The summed E-state index contributed by atoms with van der Waals surface area (Å²) in [5.41, 5.74) is -1.24. The van der Waals surface area contributed by atoms with Gasteiger partial charge in [0, 0.05) is 19.8 Å². The minimum atomic E-state index is -3.55. The second-order valence-corrected chi connectivity index (χ2v) is 7.36. The first kappa shape index (κ1) is 14.7. The second-order valence-electron chi connectivity index (χ2n) is 5.22. The van der Waals surface area contributed by atoms with Crippen LogP contribution in [-0.4, -0.2) is 54.3 Å². The number of aliphatic carboxylic acids is 1. The number of ether oxygens (including phenoxy) is 1. The van der Waals surface area contributed by atoms with Crippen molar-refractivity contribution in [1.82, 2.24) is 4.31 Å². The van der Waals surface area contributed by atoms with Crippen LogP contribution < -0.4 is 0 Å². The van der Waals surface area contributed by atoms with E-state index in [9.17, 15) is 18.3 Å². The van der Waals surface area contributed by atoms with Crippen LogP contribution in [0.15, 0.2) is 0 Å². The molecule has 110 valence electrons. The number of carbonyl (C=O) groups is 1. The van der Waals surface area contributed by atoms with Gasteiger partial charge in [-0.05, 0) is 32.1 Å². The molecule has 0 aromatic carbocycles. The zero-order valence-electron chi connectivity index (χ0n) is 11.2. The molecule has 1 atom stereocenters. The lowest BCUT2D eigenvalue weighted by molar-refractivity contribution is -0.147. The quantitative estimate of drug-likeness (QED) is 0.829. The van der Waals surface area contributed by atoms with Gasteiger partial charge in [-0.2, -0.15) is 4.31 Å². The summed E-state index contributed by atoms with van der Waals surface area (Å²) in [6.07, 6.45) is 2.24. The third-order valence-corrected chi connectivity index (χ3v) is 6.77. The van der Waals surface area contributed by atoms with E-state index in [1.54, 1.807) is 6.92 Å². The molecule has 2 aliphatic rings. The molecule has 2 rings (SSSR count). The largest absolute Gasteiger partial charge is 0.480 e. The summed E-state index contributed by atoms with van der Waals surface area (Å²) in [6, 6.07) is 0. The molecular formula is C12H21NO5S. The number of nitrogens with zero attached hydrogens (tertiary/aromatic N) is 1. The summed E-state index contributed by atoms with van der Waals surface area (Å²) >= 11 is 0. The Kier molecular flexibility index (Phi) is 4.17. The lowest BCUT2D eigenvalue weighted by Gasteiger charge is -2.36. The van der Waals surface area contributed by atoms with Crippen molar-refractivity contribution in [3.05, 3.63) is 0 Å². The Hall–Kier alpha value is -0.660. The van der Waals surface area contributed by atoms with Crippen molar-refractivity contribution in [3.63, 3.8) is 0 Å². The fraction of sp³-hybridized carbons (Fsp3) is 0.917.